The predicted molar refractivity (Wildman–Crippen MR) is 144 cm³/mol. The molecule has 1 fully saturated rings. The van der Waals surface area contributed by atoms with Gasteiger partial charge in [-0.1, -0.05) is 29.8 Å². The summed E-state index contributed by atoms with van der Waals surface area (Å²) in [6.45, 7) is 6.31. The molecule has 0 saturated carbocycles. The highest BCUT2D eigenvalue weighted by Crippen LogP contribution is 2.33. The maximum Gasteiger partial charge on any atom is 0.573 e. The number of benzene rings is 2. The van der Waals surface area contributed by atoms with E-state index in [2.05, 4.69) is 19.8 Å². The van der Waals surface area contributed by atoms with Crippen molar-refractivity contribution in [2.45, 2.75) is 51.8 Å². The van der Waals surface area contributed by atoms with Crippen LogP contribution in [0.5, 0.6) is 5.75 Å². The summed E-state index contributed by atoms with van der Waals surface area (Å²) in [6.07, 6.45) is -5.73. The lowest BCUT2D eigenvalue weighted by molar-refractivity contribution is -0.274. The van der Waals surface area contributed by atoms with Crippen molar-refractivity contribution < 1.29 is 32.2 Å². The number of carbonyl (C=O) groups is 1. The quantitative estimate of drug-likeness (QED) is 0.345. The summed E-state index contributed by atoms with van der Waals surface area (Å²) in [7, 11) is 0. The van der Waals surface area contributed by atoms with E-state index in [1.807, 2.05) is 0 Å². The first kappa shape index (κ1) is 28.7. The first-order valence-corrected chi connectivity index (χ1v) is 13.2. The highest BCUT2D eigenvalue weighted by Gasteiger charge is 2.32. The van der Waals surface area contributed by atoms with E-state index in [1.165, 1.54) is 10.7 Å². The highest BCUT2D eigenvalue weighted by atomic mass is 35.5. The molecule has 1 aliphatic heterocycles. The first-order chi connectivity index (χ1) is 19.3. The van der Waals surface area contributed by atoms with Gasteiger partial charge in [-0.2, -0.15) is 5.10 Å². The Morgan fingerprint density at radius 3 is 2.63 bits per heavy atom. The van der Waals surface area contributed by atoms with Crippen LogP contribution in [-0.2, 0) is 22.4 Å². The molecule has 3 heterocycles. The van der Waals surface area contributed by atoms with E-state index in [0.29, 0.717) is 34.4 Å². The molecule has 1 amide bonds. The second kappa shape index (κ2) is 10.9. The summed E-state index contributed by atoms with van der Waals surface area (Å²) in [5.41, 5.74) is 0.171. The molecule has 1 unspecified atom stereocenters. The van der Waals surface area contributed by atoms with Crippen LogP contribution in [0.15, 0.2) is 41.2 Å². The number of nitrogens with one attached hydrogen (secondary N) is 1. The van der Waals surface area contributed by atoms with Gasteiger partial charge in [0.1, 0.15) is 17.2 Å². The van der Waals surface area contributed by atoms with Gasteiger partial charge >= 0.3 is 12.5 Å². The lowest BCUT2D eigenvalue weighted by Crippen LogP contribution is -2.49. The van der Waals surface area contributed by atoms with Gasteiger partial charge in [-0.3, -0.25) is 4.79 Å². The van der Waals surface area contributed by atoms with Gasteiger partial charge in [0.15, 0.2) is 0 Å². The Morgan fingerprint density at radius 2 is 1.93 bits per heavy atom. The monoisotopic (exact) mass is 593 g/mol. The first-order valence-electron chi connectivity index (χ1n) is 12.8. The average molecular weight is 594 g/mol. The number of ether oxygens (including phenoxy) is 3. The number of halogens is 4. The molecule has 10 nitrogen and oxygen atoms in total. The third kappa shape index (κ3) is 6.73. The molecule has 0 radical (unpaired) electrons. The fraction of sp³-hybridized carbons (Fsp3) is 0.407. The third-order valence-electron chi connectivity index (χ3n) is 6.26. The zero-order valence-corrected chi connectivity index (χ0v) is 23.2. The van der Waals surface area contributed by atoms with E-state index in [9.17, 15) is 22.8 Å². The molecule has 2 aromatic carbocycles. The van der Waals surface area contributed by atoms with Crippen molar-refractivity contribution in [3.8, 4) is 5.75 Å². The van der Waals surface area contributed by atoms with Crippen molar-refractivity contribution in [3.63, 3.8) is 0 Å². The molecule has 1 aliphatic rings. The standard InChI is InChI=1S/C27H27ClF3N5O5/c1-26(2,3)41-25(38)35-8-9-39-15(13-35)14-36-24(37)17-7-5-4-6-16(17)19(34-36)12-23-32-20-10-18(28)22(11-21(20)33-23)40-27(29,30)31/h4-7,10-11,15H,8-9,12-14H2,1-3H3,(H,32,33). The number of amides is 1. The second-order valence-corrected chi connectivity index (χ2v) is 11.0. The summed E-state index contributed by atoms with van der Waals surface area (Å²) < 4.78 is 54.8. The molecule has 4 aromatic rings. The molecule has 5 rings (SSSR count). The van der Waals surface area contributed by atoms with Crippen molar-refractivity contribution in [1.82, 2.24) is 24.6 Å². The van der Waals surface area contributed by atoms with Gasteiger partial charge in [-0.15, -0.1) is 13.2 Å². The van der Waals surface area contributed by atoms with E-state index in [4.69, 9.17) is 21.1 Å². The summed E-state index contributed by atoms with van der Waals surface area (Å²) in [5, 5.41) is 5.41. The van der Waals surface area contributed by atoms with Crippen molar-refractivity contribution in [1.29, 1.82) is 0 Å². The Balaban J connectivity index is 1.43. The molecule has 218 valence electrons. The van der Waals surface area contributed by atoms with Crippen molar-refractivity contribution >= 4 is 39.5 Å². The molecule has 1 N–H and O–H groups in total. The Bertz CT molecular complexity index is 1660. The average Bonchev–Trinajstić information content (AvgIpc) is 3.26. The zero-order valence-electron chi connectivity index (χ0n) is 22.4. The van der Waals surface area contributed by atoms with E-state index in [0.717, 1.165) is 6.07 Å². The summed E-state index contributed by atoms with van der Waals surface area (Å²) >= 11 is 5.98. The van der Waals surface area contributed by atoms with Gasteiger partial charge in [-0.05, 0) is 32.9 Å². The van der Waals surface area contributed by atoms with Crippen LogP contribution in [0.2, 0.25) is 5.02 Å². The topological polar surface area (TPSA) is 112 Å². The number of aromatic nitrogens is 4. The largest absolute Gasteiger partial charge is 0.573 e. The van der Waals surface area contributed by atoms with E-state index in [-0.39, 0.29) is 42.2 Å². The van der Waals surface area contributed by atoms with Gasteiger partial charge in [0.05, 0.1) is 59.4 Å². The van der Waals surface area contributed by atoms with Crippen LogP contribution >= 0.6 is 11.6 Å². The number of rotatable bonds is 5. The van der Waals surface area contributed by atoms with E-state index >= 15 is 0 Å². The van der Waals surface area contributed by atoms with Crippen molar-refractivity contribution in [2.24, 2.45) is 0 Å². The van der Waals surface area contributed by atoms with Crippen molar-refractivity contribution in [3.05, 3.63) is 63.3 Å². The SMILES string of the molecule is CC(C)(C)OC(=O)N1CCOC(Cn2nc(Cc3nc4cc(OC(F)(F)F)c(Cl)cc4[nH]3)c3ccccc3c2=O)C1. The lowest BCUT2D eigenvalue weighted by Gasteiger charge is -2.34. The number of hydrogen-bond donors (Lipinski definition) is 1. The molecule has 0 bridgehead atoms. The van der Waals surface area contributed by atoms with E-state index in [1.54, 1.807) is 49.9 Å². The fourth-order valence-electron chi connectivity index (χ4n) is 4.58. The van der Waals surface area contributed by atoms with Gasteiger partial charge in [0.2, 0.25) is 0 Å². The van der Waals surface area contributed by atoms with Crippen LogP contribution in [0.1, 0.15) is 32.3 Å². The molecule has 1 atom stereocenters. The molecule has 0 aliphatic carbocycles. The summed E-state index contributed by atoms with van der Waals surface area (Å²) in [6, 6.07) is 9.38. The highest BCUT2D eigenvalue weighted by molar-refractivity contribution is 6.32. The Morgan fingerprint density at radius 1 is 1.20 bits per heavy atom. The molecule has 1 saturated heterocycles. The number of aromatic amines is 1. The normalized spacial score (nSPS) is 16.4. The third-order valence-corrected chi connectivity index (χ3v) is 6.55. The molecule has 14 heteroatoms. The van der Waals surface area contributed by atoms with Gasteiger partial charge in [0, 0.05) is 18.0 Å². The minimum Gasteiger partial charge on any atom is -0.444 e. The zero-order chi connectivity index (χ0) is 29.5. The van der Waals surface area contributed by atoms with Gasteiger partial charge in [0.25, 0.3) is 5.56 Å². The minimum atomic E-state index is -4.90. The van der Waals surface area contributed by atoms with Gasteiger partial charge in [-0.25, -0.2) is 14.5 Å². The number of hydrogen-bond acceptors (Lipinski definition) is 7. The van der Waals surface area contributed by atoms with Crippen LogP contribution < -0.4 is 10.3 Å². The smallest absolute Gasteiger partial charge is 0.444 e. The maximum atomic E-state index is 13.3. The van der Waals surface area contributed by atoms with E-state index < -0.39 is 29.9 Å². The maximum absolute atomic E-state index is 13.3. The van der Waals surface area contributed by atoms with Crippen LogP contribution in [0, 0.1) is 0 Å². The number of alkyl halides is 3. The fourth-order valence-corrected chi connectivity index (χ4v) is 4.79. The number of H-pyrrole nitrogens is 1. The minimum absolute atomic E-state index is 0.0871. The Kier molecular flexibility index (Phi) is 7.60. The Hall–Kier alpha value is -3.84. The molecule has 0 spiro atoms. The van der Waals surface area contributed by atoms with Crippen LogP contribution in [0.25, 0.3) is 21.8 Å². The number of carbonyl (C=O) groups excluding carboxylic acids is 1. The Labute approximate surface area is 236 Å². The molecular weight excluding hydrogens is 567 g/mol. The molecular formula is C27H27ClF3N5O5. The van der Waals surface area contributed by atoms with Gasteiger partial charge < -0.3 is 24.1 Å². The predicted octanol–water partition coefficient (Wildman–Crippen LogP) is 5.05. The molecule has 41 heavy (non-hydrogen) atoms. The van der Waals surface area contributed by atoms with Crippen molar-refractivity contribution in [2.75, 3.05) is 19.7 Å². The number of morpholine rings is 1. The van der Waals surface area contributed by atoms with Crippen LogP contribution in [0.3, 0.4) is 0 Å². The molecule has 2 aromatic heterocycles. The number of fused-ring (bicyclic) bond motifs is 2. The van der Waals surface area contributed by atoms with Crippen LogP contribution in [-0.4, -0.2) is 68.5 Å². The van der Waals surface area contributed by atoms with Crippen LogP contribution in [0.4, 0.5) is 18.0 Å². The number of nitrogens with zero attached hydrogens (tertiary/aromatic N) is 4. The lowest BCUT2D eigenvalue weighted by atomic mass is 10.1. The summed E-state index contributed by atoms with van der Waals surface area (Å²) in [4.78, 5) is 34.9. The second-order valence-electron chi connectivity index (χ2n) is 10.6. The summed E-state index contributed by atoms with van der Waals surface area (Å²) in [5.74, 6) is -0.164. The number of imidazole rings is 1.